The summed E-state index contributed by atoms with van der Waals surface area (Å²) in [4.78, 5) is 0. The first-order chi connectivity index (χ1) is 9.10. The standard InChI is InChI=1S/C14H19ClN4/c1-10(2)19-7-6-13(18-19)9-14(17-16)11-4-3-5-12(15)8-11/h3-8,10,14,17H,9,16H2,1-2H3. The van der Waals surface area contributed by atoms with E-state index in [0.717, 1.165) is 17.7 Å². The van der Waals surface area contributed by atoms with Crippen molar-refractivity contribution in [1.82, 2.24) is 15.2 Å². The molecule has 0 saturated carbocycles. The van der Waals surface area contributed by atoms with Gasteiger partial charge in [-0.2, -0.15) is 5.10 Å². The Kier molecular flexibility index (Phi) is 4.58. The fraction of sp³-hybridized carbons (Fsp3) is 0.357. The van der Waals surface area contributed by atoms with Crippen molar-refractivity contribution in [2.75, 3.05) is 0 Å². The summed E-state index contributed by atoms with van der Waals surface area (Å²) in [6.45, 7) is 4.21. The molecule has 0 amide bonds. The van der Waals surface area contributed by atoms with Crippen molar-refractivity contribution < 1.29 is 0 Å². The van der Waals surface area contributed by atoms with Crippen molar-refractivity contribution in [2.24, 2.45) is 5.84 Å². The molecule has 5 heteroatoms. The van der Waals surface area contributed by atoms with E-state index in [2.05, 4.69) is 24.4 Å². The Morgan fingerprint density at radius 2 is 2.16 bits per heavy atom. The predicted octanol–water partition coefficient (Wildman–Crippen LogP) is 2.86. The van der Waals surface area contributed by atoms with Crippen molar-refractivity contribution in [3.63, 3.8) is 0 Å². The van der Waals surface area contributed by atoms with E-state index < -0.39 is 0 Å². The SMILES string of the molecule is CC(C)n1ccc(CC(NN)c2cccc(Cl)c2)n1. The van der Waals surface area contributed by atoms with Gasteiger partial charge in [0.15, 0.2) is 0 Å². The smallest absolute Gasteiger partial charge is 0.0644 e. The number of benzene rings is 1. The van der Waals surface area contributed by atoms with Crippen molar-refractivity contribution in [2.45, 2.75) is 32.4 Å². The lowest BCUT2D eigenvalue weighted by atomic mass is 10.0. The van der Waals surface area contributed by atoms with E-state index >= 15 is 0 Å². The summed E-state index contributed by atoms with van der Waals surface area (Å²) in [5, 5.41) is 5.25. The van der Waals surface area contributed by atoms with Crippen LogP contribution in [0.1, 0.15) is 37.2 Å². The Hall–Kier alpha value is -1.36. The molecule has 102 valence electrons. The summed E-state index contributed by atoms with van der Waals surface area (Å²) in [7, 11) is 0. The van der Waals surface area contributed by atoms with E-state index in [9.17, 15) is 0 Å². The summed E-state index contributed by atoms with van der Waals surface area (Å²) < 4.78 is 1.95. The minimum absolute atomic E-state index is 0.00853. The molecule has 2 aromatic rings. The van der Waals surface area contributed by atoms with Gasteiger partial charge in [-0.1, -0.05) is 23.7 Å². The van der Waals surface area contributed by atoms with Crippen LogP contribution in [0, 0.1) is 0 Å². The monoisotopic (exact) mass is 278 g/mol. The number of nitrogens with two attached hydrogens (primary N) is 1. The van der Waals surface area contributed by atoms with Crippen LogP contribution >= 0.6 is 11.6 Å². The lowest BCUT2D eigenvalue weighted by molar-refractivity contribution is 0.507. The zero-order valence-electron chi connectivity index (χ0n) is 11.2. The number of hydrogen-bond donors (Lipinski definition) is 2. The zero-order valence-corrected chi connectivity index (χ0v) is 11.9. The molecule has 0 saturated heterocycles. The first-order valence-electron chi connectivity index (χ1n) is 6.35. The highest BCUT2D eigenvalue weighted by molar-refractivity contribution is 6.30. The van der Waals surface area contributed by atoms with Crippen molar-refractivity contribution in [1.29, 1.82) is 0 Å². The Bertz CT molecular complexity index is 536. The Labute approximate surface area is 118 Å². The third-order valence-corrected chi connectivity index (χ3v) is 3.29. The molecule has 0 radical (unpaired) electrons. The number of hydrogen-bond acceptors (Lipinski definition) is 3. The normalized spacial score (nSPS) is 12.9. The minimum atomic E-state index is 0.00853. The summed E-state index contributed by atoms with van der Waals surface area (Å²) in [6, 6.07) is 10.1. The molecule has 0 aliphatic carbocycles. The topological polar surface area (TPSA) is 55.9 Å². The Morgan fingerprint density at radius 3 is 2.74 bits per heavy atom. The van der Waals surface area contributed by atoms with Crippen molar-refractivity contribution in [3.8, 4) is 0 Å². The second kappa shape index (κ2) is 6.19. The highest BCUT2D eigenvalue weighted by atomic mass is 35.5. The van der Waals surface area contributed by atoms with Gasteiger partial charge < -0.3 is 0 Å². The van der Waals surface area contributed by atoms with E-state index in [1.807, 2.05) is 41.2 Å². The molecule has 1 unspecified atom stereocenters. The van der Waals surface area contributed by atoms with E-state index in [4.69, 9.17) is 17.4 Å². The molecule has 1 heterocycles. The molecule has 1 aromatic heterocycles. The van der Waals surface area contributed by atoms with Gasteiger partial charge in [-0.15, -0.1) is 0 Å². The highest BCUT2D eigenvalue weighted by Crippen LogP contribution is 2.20. The van der Waals surface area contributed by atoms with Crippen LogP contribution in [0.5, 0.6) is 0 Å². The van der Waals surface area contributed by atoms with Crippen molar-refractivity contribution >= 4 is 11.6 Å². The minimum Gasteiger partial charge on any atom is -0.271 e. The molecular weight excluding hydrogens is 260 g/mol. The molecule has 3 N–H and O–H groups in total. The molecular formula is C14H19ClN4. The molecule has 1 atom stereocenters. The Morgan fingerprint density at radius 1 is 1.37 bits per heavy atom. The number of hydrazine groups is 1. The van der Waals surface area contributed by atoms with Gasteiger partial charge in [0.05, 0.1) is 11.7 Å². The lowest BCUT2D eigenvalue weighted by Crippen LogP contribution is -2.29. The van der Waals surface area contributed by atoms with Crippen LogP contribution in [0.25, 0.3) is 0 Å². The van der Waals surface area contributed by atoms with Crippen molar-refractivity contribution in [3.05, 3.63) is 52.8 Å². The number of nitrogens with one attached hydrogen (secondary N) is 1. The van der Waals surface area contributed by atoms with Gasteiger partial charge in [-0.25, -0.2) is 0 Å². The van der Waals surface area contributed by atoms with Crippen LogP contribution in [0.4, 0.5) is 0 Å². The molecule has 4 nitrogen and oxygen atoms in total. The van der Waals surface area contributed by atoms with Crippen LogP contribution in [-0.2, 0) is 6.42 Å². The summed E-state index contributed by atoms with van der Waals surface area (Å²) >= 11 is 6.01. The van der Waals surface area contributed by atoms with Crippen LogP contribution in [0.3, 0.4) is 0 Å². The molecule has 0 spiro atoms. The molecule has 19 heavy (non-hydrogen) atoms. The third kappa shape index (κ3) is 3.56. The quantitative estimate of drug-likeness (QED) is 0.653. The largest absolute Gasteiger partial charge is 0.271 e. The molecule has 0 aliphatic heterocycles. The molecule has 2 rings (SSSR count). The average Bonchev–Trinajstić information content (AvgIpc) is 2.84. The number of aromatic nitrogens is 2. The summed E-state index contributed by atoms with van der Waals surface area (Å²) in [6.07, 6.45) is 2.72. The van der Waals surface area contributed by atoms with E-state index in [1.54, 1.807) is 0 Å². The molecule has 0 aliphatic rings. The van der Waals surface area contributed by atoms with E-state index in [1.165, 1.54) is 0 Å². The number of halogens is 1. The fourth-order valence-corrected chi connectivity index (χ4v) is 2.18. The molecule has 1 aromatic carbocycles. The maximum atomic E-state index is 6.01. The van der Waals surface area contributed by atoms with Gasteiger partial charge in [-0.05, 0) is 37.6 Å². The second-order valence-electron chi connectivity index (χ2n) is 4.86. The third-order valence-electron chi connectivity index (χ3n) is 3.06. The number of nitrogens with zero attached hydrogens (tertiary/aromatic N) is 2. The zero-order chi connectivity index (χ0) is 13.8. The van der Waals surface area contributed by atoms with Gasteiger partial charge in [-0.3, -0.25) is 16.0 Å². The van der Waals surface area contributed by atoms with Gasteiger partial charge in [0.25, 0.3) is 0 Å². The first-order valence-corrected chi connectivity index (χ1v) is 6.73. The average molecular weight is 279 g/mol. The van der Waals surface area contributed by atoms with E-state index in [-0.39, 0.29) is 6.04 Å². The second-order valence-corrected chi connectivity index (χ2v) is 5.30. The highest BCUT2D eigenvalue weighted by Gasteiger charge is 2.13. The van der Waals surface area contributed by atoms with Crippen LogP contribution in [0.2, 0.25) is 5.02 Å². The molecule has 0 bridgehead atoms. The van der Waals surface area contributed by atoms with E-state index in [0.29, 0.717) is 11.1 Å². The molecule has 0 fully saturated rings. The van der Waals surface area contributed by atoms with Gasteiger partial charge in [0.2, 0.25) is 0 Å². The van der Waals surface area contributed by atoms with Gasteiger partial charge in [0.1, 0.15) is 0 Å². The van der Waals surface area contributed by atoms with Crippen LogP contribution in [-0.4, -0.2) is 9.78 Å². The summed E-state index contributed by atoms with van der Waals surface area (Å²) in [5.41, 5.74) is 4.90. The van der Waals surface area contributed by atoms with Crippen LogP contribution in [0.15, 0.2) is 36.5 Å². The maximum absolute atomic E-state index is 6.01. The predicted molar refractivity (Wildman–Crippen MR) is 77.8 cm³/mol. The fourth-order valence-electron chi connectivity index (χ4n) is 1.98. The lowest BCUT2D eigenvalue weighted by Gasteiger charge is -2.15. The van der Waals surface area contributed by atoms with Gasteiger partial charge >= 0.3 is 0 Å². The Balaban J connectivity index is 2.14. The van der Waals surface area contributed by atoms with Crippen LogP contribution < -0.4 is 11.3 Å². The maximum Gasteiger partial charge on any atom is 0.0644 e. The van der Waals surface area contributed by atoms with Gasteiger partial charge in [0, 0.05) is 23.7 Å². The first kappa shape index (κ1) is 14.1. The number of rotatable bonds is 5. The summed E-state index contributed by atoms with van der Waals surface area (Å²) in [5.74, 6) is 5.64.